The van der Waals surface area contributed by atoms with Crippen LogP contribution in [0.15, 0.2) is 54.9 Å². The van der Waals surface area contributed by atoms with Gasteiger partial charge in [0.05, 0.1) is 0 Å². The van der Waals surface area contributed by atoms with E-state index in [1.165, 1.54) is 0 Å². The van der Waals surface area contributed by atoms with Gasteiger partial charge in [-0.1, -0.05) is 30.3 Å². The third-order valence-electron chi connectivity index (χ3n) is 1.81. The van der Waals surface area contributed by atoms with Crippen molar-refractivity contribution in [2.75, 3.05) is 0 Å². The maximum atomic E-state index is 10.5. The van der Waals surface area contributed by atoms with Crippen LogP contribution in [-0.4, -0.2) is 16.3 Å². The Labute approximate surface area is 105 Å². The summed E-state index contributed by atoms with van der Waals surface area (Å²) >= 11 is 0. The number of nitrogens with zero attached hydrogens (tertiary/aromatic N) is 2. The van der Waals surface area contributed by atoms with Gasteiger partial charge in [-0.3, -0.25) is 5.43 Å². The largest absolute Gasteiger partial charge is 0.444 e. The highest BCUT2D eigenvalue weighted by Gasteiger charge is 1.97. The SMILES string of the molecule is NNC(=O)OCc1ccccc1.c1ccnnc1. The first-order valence-corrected chi connectivity index (χ1v) is 5.22. The van der Waals surface area contributed by atoms with Crippen LogP contribution in [0.4, 0.5) is 4.79 Å². The predicted molar refractivity (Wildman–Crippen MR) is 66.0 cm³/mol. The Kier molecular flexibility index (Phi) is 6.54. The first-order valence-electron chi connectivity index (χ1n) is 5.22. The van der Waals surface area contributed by atoms with E-state index in [-0.39, 0.29) is 6.61 Å². The van der Waals surface area contributed by atoms with Gasteiger partial charge >= 0.3 is 6.09 Å². The Morgan fingerprint density at radius 1 is 1.11 bits per heavy atom. The zero-order chi connectivity index (χ0) is 13.1. The molecule has 3 N–H and O–H groups in total. The number of nitrogens with two attached hydrogens (primary N) is 1. The van der Waals surface area contributed by atoms with E-state index in [9.17, 15) is 4.79 Å². The molecule has 0 aliphatic carbocycles. The molecule has 18 heavy (non-hydrogen) atoms. The van der Waals surface area contributed by atoms with E-state index in [4.69, 9.17) is 10.6 Å². The molecule has 2 aromatic rings. The van der Waals surface area contributed by atoms with Crippen LogP contribution in [-0.2, 0) is 11.3 Å². The summed E-state index contributed by atoms with van der Waals surface area (Å²) in [5.41, 5.74) is 2.81. The van der Waals surface area contributed by atoms with E-state index >= 15 is 0 Å². The van der Waals surface area contributed by atoms with Gasteiger partial charge in [0.15, 0.2) is 0 Å². The third-order valence-corrected chi connectivity index (χ3v) is 1.81. The fourth-order valence-corrected chi connectivity index (χ4v) is 1.02. The summed E-state index contributed by atoms with van der Waals surface area (Å²) in [7, 11) is 0. The van der Waals surface area contributed by atoms with Gasteiger partial charge in [-0.05, 0) is 17.7 Å². The molecule has 0 atom stereocenters. The standard InChI is InChI=1S/C8H10N2O2.C4H4N2/c9-10-8(11)12-6-7-4-2-1-3-5-7;1-2-4-6-5-3-1/h1-5H,6,9H2,(H,10,11);1-4H. The minimum atomic E-state index is -0.626. The molecule has 1 amide bonds. The predicted octanol–water partition coefficient (Wildman–Crippen LogP) is 1.26. The minimum Gasteiger partial charge on any atom is -0.444 e. The number of carbonyl (C=O) groups is 1. The third kappa shape index (κ3) is 6.19. The topological polar surface area (TPSA) is 90.1 Å². The molecule has 94 valence electrons. The van der Waals surface area contributed by atoms with Crippen LogP contribution in [0.2, 0.25) is 0 Å². The summed E-state index contributed by atoms with van der Waals surface area (Å²) in [4.78, 5) is 10.5. The highest BCUT2D eigenvalue weighted by Crippen LogP contribution is 1.99. The van der Waals surface area contributed by atoms with Gasteiger partial charge in [-0.25, -0.2) is 10.6 Å². The van der Waals surface area contributed by atoms with Crippen LogP contribution in [0.1, 0.15) is 5.56 Å². The van der Waals surface area contributed by atoms with Crippen molar-refractivity contribution in [2.24, 2.45) is 5.84 Å². The molecular formula is C12H14N4O2. The number of aromatic nitrogens is 2. The smallest absolute Gasteiger partial charge is 0.421 e. The second kappa shape index (κ2) is 8.66. The number of rotatable bonds is 2. The number of carbonyl (C=O) groups excluding carboxylic acids is 1. The van der Waals surface area contributed by atoms with Crippen LogP contribution >= 0.6 is 0 Å². The van der Waals surface area contributed by atoms with E-state index in [2.05, 4.69) is 10.2 Å². The first-order chi connectivity index (χ1) is 8.83. The summed E-state index contributed by atoms with van der Waals surface area (Å²) < 4.78 is 4.70. The van der Waals surface area contributed by atoms with E-state index in [0.717, 1.165) is 5.56 Å². The van der Waals surface area contributed by atoms with E-state index in [1.54, 1.807) is 12.4 Å². The highest BCUT2D eigenvalue weighted by molar-refractivity contribution is 5.66. The van der Waals surface area contributed by atoms with Gasteiger partial charge < -0.3 is 4.74 Å². The molecule has 0 aliphatic heterocycles. The molecular weight excluding hydrogens is 232 g/mol. The minimum absolute atomic E-state index is 0.240. The summed E-state index contributed by atoms with van der Waals surface area (Å²) in [6.07, 6.45) is 2.65. The van der Waals surface area contributed by atoms with E-state index < -0.39 is 6.09 Å². The Bertz CT molecular complexity index is 410. The summed E-state index contributed by atoms with van der Waals surface area (Å²) in [5, 5.41) is 7.07. The van der Waals surface area contributed by atoms with Crippen LogP contribution in [0.5, 0.6) is 0 Å². The zero-order valence-corrected chi connectivity index (χ0v) is 9.69. The molecule has 0 radical (unpaired) electrons. The molecule has 0 spiro atoms. The Morgan fingerprint density at radius 2 is 1.72 bits per heavy atom. The maximum absolute atomic E-state index is 10.5. The summed E-state index contributed by atoms with van der Waals surface area (Å²) in [5.74, 6) is 4.81. The number of hydrogen-bond donors (Lipinski definition) is 2. The van der Waals surface area contributed by atoms with Gasteiger partial charge in [0.2, 0.25) is 0 Å². The van der Waals surface area contributed by atoms with Crippen LogP contribution in [0, 0.1) is 0 Å². The monoisotopic (exact) mass is 246 g/mol. The zero-order valence-electron chi connectivity index (χ0n) is 9.69. The lowest BCUT2D eigenvalue weighted by Crippen LogP contribution is -2.30. The van der Waals surface area contributed by atoms with Gasteiger partial charge in [0.25, 0.3) is 0 Å². The van der Waals surface area contributed by atoms with Crippen molar-refractivity contribution in [1.82, 2.24) is 15.6 Å². The van der Waals surface area contributed by atoms with Gasteiger partial charge in [0, 0.05) is 12.4 Å². The quantitative estimate of drug-likeness (QED) is 0.473. The van der Waals surface area contributed by atoms with E-state index in [1.807, 2.05) is 47.9 Å². The molecule has 0 fully saturated rings. The molecule has 1 heterocycles. The van der Waals surface area contributed by atoms with Crippen molar-refractivity contribution in [3.63, 3.8) is 0 Å². The van der Waals surface area contributed by atoms with Gasteiger partial charge in [-0.15, -0.1) is 0 Å². The lowest BCUT2D eigenvalue weighted by Gasteiger charge is -2.02. The second-order valence-corrected chi connectivity index (χ2v) is 3.12. The van der Waals surface area contributed by atoms with Gasteiger partial charge in [-0.2, -0.15) is 10.2 Å². The molecule has 0 saturated heterocycles. The number of hydrogen-bond acceptors (Lipinski definition) is 5. The second-order valence-electron chi connectivity index (χ2n) is 3.12. The molecule has 2 rings (SSSR count). The van der Waals surface area contributed by atoms with Crippen LogP contribution in [0.25, 0.3) is 0 Å². The molecule has 1 aromatic heterocycles. The average Bonchev–Trinajstić information content (AvgIpc) is 2.48. The van der Waals surface area contributed by atoms with Crippen molar-refractivity contribution in [1.29, 1.82) is 0 Å². The molecule has 6 nitrogen and oxygen atoms in total. The summed E-state index contributed by atoms with van der Waals surface area (Å²) in [6.45, 7) is 0.240. The molecule has 6 heteroatoms. The Morgan fingerprint density at radius 3 is 2.17 bits per heavy atom. The molecule has 0 unspecified atom stereocenters. The Balaban J connectivity index is 0.000000225. The Hall–Kier alpha value is -2.47. The van der Waals surface area contributed by atoms with Crippen molar-refractivity contribution in [2.45, 2.75) is 6.61 Å². The van der Waals surface area contributed by atoms with E-state index in [0.29, 0.717) is 0 Å². The lowest BCUT2D eigenvalue weighted by atomic mass is 10.2. The number of amides is 1. The first kappa shape index (κ1) is 13.6. The number of ether oxygens (including phenoxy) is 1. The average molecular weight is 246 g/mol. The fraction of sp³-hybridized carbons (Fsp3) is 0.0833. The van der Waals surface area contributed by atoms with Crippen molar-refractivity contribution >= 4 is 6.09 Å². The number of nitrogens with one attached hydrogen (secondary N) is 1. The molecule has 0 bridgehead atoms. The number of benzene rings is 1. The highest BCUT2D eigenvalue weighted by atomic mass is 16.5. The fourth-order valence-electron chi connectivity index (χ4n) is 1.02. The van der Waals surface area contributed by atoms with Crippen LogP contribution in [0.3, 0.4) is 0 Å². The summed E-state index contributed by atoms with van der Waals surface area (Å²) in [6, 6.07) is 13.0. The van der Waals surface area contributed by atoms with Crippen molar-refractivity contribution < 1.29 is 9.53 Å². The molecule has 0 saturated carbocycles. The number of hydrazine groups is 1. The molecule has 1 aromatic carbocycles. The normalized spacial score (nSPS) is 8.72. The molecule has 0 aliphatic rings. The van der Waals surface area contributed by atoms with Crippen molar-refractivity contribution in [3.05, 3.63) is 60.4 Å². The maximum Gasteiger partial charge on any atom is 0.421 e. The lowest BCUT2D eigenvalue weighted by molar-refractivity contribution is 0.140. The van der Waals surface area contributed by atoms with Crippen molar-refractivity contribution in [3.8, 4) is 0 Å². The van der Waals surface area contributed by atoms with Gasteiger partial charge in [0.1, 0.15) is 6.61 Å². The van der Waals surface area contributed by atoms with Crippen LogP contribution < -0.4 is 11.3 Å².